The second-order valence-corrected chi connectivity index (χ2v) is 5.26. The van der Waals surface area contributed by atoms with Gasteiger partial charge >= 0.3 is 0 Å². The molecule has 4 heteroatoms. The molecule has 1 aliphatic rings. The number of likely N-dealkylation sites (N-methyl/N-ethyl adjacent to an activating group) is 1. The lowest BCUT2D eigenvalue weighted by Gasteiger charge is -2.24. The molecular weight excluding hydrogens is 248 g/mol. The molecule has 1 aromatic carbocycles. The average Bonchev–Trinajstić information content (AvgIpc) is 2.54. The van der Waals surface area contributed by atoms with Crippen LogP contribution in [0.3, 0.4) is 0 Å². The fourth-order valence-electron chi connectivity index (χ4n) is 2.42. The topological polar surface area (TPSA) is 23.6 Å². The van der Waals surface area contributed by atoms with Gasteiger partial charge in [-0.05, 0) is 62.3 Å². The lowest BCUT2D eigenvalue weighted by molar-refractivity contribution is 0.108. The zero-order valence-electron chi connectivity index (χ0n) is 10.9. The number of carbonyl (C=O) groups is 1. The van der Waals surface area contributed by atoms with Crippen LogP contribution in [-0.2, 0) is 0 Å². The van der Waals surface area contributed by atoms with E-state index in [9.17, 15) is 4.79 Å². The molecule has 0 spiro atoms. The lowest BCUT2D eigenvalue weighted by Crippen LogP contribution is -2.29. The van der Waals surface area contributed by atoms with E-state index in [1.54, 1.807) is 0 Å². The zero-order valence-corrected chi connectivity index (χ0v) is 11.7. The molecule has 1 aromatic rings. The van der Waals surface area contributed by atoms with Crippen molar-refractivity contribution >= 4 is 22.5 Å². The molecule has 1 saturated heterocycles. The molecule has 0 amide bonds. The summed E-state index contributed by atoms with van der Waals surface area (Å²) in [7, 11) is 2.16. The number of hydrogen-bond donors (Lipinski definition) is 0. The number of aryl methyl sites for hydroxylation is 1. The van der Waals surface area contributed by atoms with Gasteiger partial charge in [0.05, 0.1) is 0 Å². The van der Waals surface area contributed by atoms with E-state index >= 15 is 0 Å². The molecule has 2 rings (SSSR count). The third kappa shape index (κ3) is 3.03. The van der Waals surface area contributed by atoms with Gasteiger partial charge in [0.15, 0.2) is 0 Å². The minimum Gasteiger partial charge on any atom is -0.370 e. The number of rotatable bonds is 2. The Kier molecular flexibility index (Phi) is 4.25. The first kappa shape index (κ1) is 13.4. The number of nitrogens with zero attached hydrogens (tertiary/aromatic N) is 2. The number of halogens is 1. The van der Waals surface area contributed by atoms with E-state index in [0.29, 0.717) is 5.56 Å². The molecule has 0 saturated carbocycles. The summed E-state index contributed by atoms with van der Waals surface area (Å²) in [5, 5.41) is -0.389. The fraction of sp³-hybridized carbons (Fsp3) is 0.500. The van der Waals surface area contributed by atoms with Crippen LogP contribution in [0, 0.1) is 6.92 Å². The number of benzene rings is 1. The van der Waals surface area contributed by atoms with Gasteiger partial charge in [-0.25, -0.2) is 0 Å². The molecule has 0 aromatic heterocycles. The summed E-state index contributed by atoms with van der Waals surface area (Å²) < 4.78 is 0. The summed E-state index contributed by atoms with van der Waals surface area (Å²) in [6.45, 7) is 6.36. The van der Waals surface area contributed by atoms with Crippen molar-refractivity contribution in [2.24, 2.45) is 0 Å². The quantitative estimate of drug-likeness (QED) is 0.769. The van der Waals surface area contributed by atoms with Crippen molar-refractivity contribution in [2.75, 3.05) is 38.1 Å². The van der Waals surface area contributed by atoms with Crippen molar-refractivity contribution in [1.29, 1.82) is 0 Å². The molecule has 1 aliphatic heterocycles. The van der Waals surface area contributed by atoms with Crippen LogP contribution in [0.1, 0.15) is 22.3 Å². The fourth-order valence-corrected chi connectivity index (χ4v) is 2.54. The Balaban J connectivity index is 2.20. The van der Waals surface area contributed by atoms with Crippen LogP contribution in [0.25, 0.3) is 0 Å². The van der Waals surface area contributed by atoms with Gasteiger partial charge in [-0.1, -0.05) is 0 Å². The summed E-state index contributed by atoms with van der Waals surface area (Å²) >= 11 is 5.50. The summed E-state index contributed by atoms with van der Waals surface area (Å²) in [6.07, 6.45) is 1.17. The third-order valence-electron chi connectivity index (χ3n) is 3.48. The van der Waals surface area contributed by atoms with E-state index in [-0.39, 0.29) is 5.24 Å². The van der Waals surface area contributed by atoms with E-state index in [4.69, 9.17) is 11.6 Å². The van der Waals surface area contributed by atoms with Gasteiger partial charge in [0.25, 0.3) is 5.24 Å². The molecule has 0 radical (unpaired) electrons. The SMILES string of the molecule is Cc1cc(C(=O)Cl)ccc1N1CCCN(C)CC1. The number of anilines is 1. The highest BCUT2D eigenvalue weighted by atomic mass is 35.5. The van der Waals surface area contributed by atoms with Gasteiger partial charge in [-0.2, -0.15) is 0 Å². The second kappa shape index (κ2) is 5.72. The van der Waals surface area contributed by atoms with E-state index in [2.05, 4.69) is 16.8 Å². The maximum Gasteiger partial charge on any atom is 0.252 e. The van der Waals surface area contributed by atoms with Crippen molar-refractivity contribution in [3.8, 4) is 0 Å². The predicted octanol–water partition coefficient (Wildman–Crippen LogP) is 2.52. The van der Waals surface area contributed by atoms with Crippen LogP contribution >= 0.6 is 11.6 Å². The molecule has 0 bridgehead atoms. The predicted molar refractivity (Wildman–Crippen MR) is 75.7 cm³/mol. The molecule has 0 unspecified atom stereocenters. The van der Waals surface area contributed by atoms with Crippen LogP contribution in [0.5, 0.6) is 0 Å². The average molecular weight is 267 g/mol. The minimum atomic E-state index is -0.389. The van der Waals surface area contributed by atoms with Gasteiger partial charge in [0, 0.05) is 30.9 Å². The van der Waals surface area contributed by atoms with Crippen LogP contribution in [0.2, 0.25) is 0 Å². The summed E-state index contributed by atoms with van der Waals surface area (Å²) in [6, 6.07) is 5.70. The first-order chi connectivity index (χ1) is 8.58. The Morgan fingerprint density at radius 1 is 1.22 bits per heavy atom. The van der Waals surface area contributed by atoms with Gasteiger partial charge < -0.3 is 9.80 Å². The molecule has 0 N–H and O–H groups in total. The van der Waals surface area contributed by atoms with Crippen molar-refractivity contribution in [3.63, 3.8) is 0 Å². The van der Waals surface area contributed by atoms with E-state index in [1.807, 2.05) is 25.1 Å². The highest BCUT2D eigenvalue weighted by molar-refractivity contribution is 6.67. The standard InChI is InChI=1S/C14H19ClN2O/c1-11-10-12(14(15)18)4-5-13(11)17-7-3-6-16(2)8-9-17/h4-5,10H,3,6-9H2,1-2H3. The normalized spacial score (nSPS) is 17.6. The lowest BCUT2D eigenvalue weighted by atomic mass is 10.1. The van der Waals surface area contributed by atoms with Gasteiger partial charge in [-0.15, -0.1) is 0 Å². The van der Waals surface area contributed by atoms with Crippen molar-refractivity contribution in [2.45, 2.75) is 13.3 Å². The van der Waals surface area contributed by atoms with Gasteiger partial charge in [-0.3, -0.25) is 4.79 Å². The first-order valence-corrected chi connectivity index (χ1v) is 6.69. The van der Waals surface area contributed by atoms with Crippen molar-refractivity contribution in [1.82, 2.24) is 4.90 Å². The molecule has 98 valence electrons. The summed E-state index contributed by atoms with van der Waals surface area (Å²) in [5.74, 6) is 0. The Hall–Kier alpha value is -1.06. The monoisotopic (exact) mass is 266 g/mol. The Morgan fingerprint density at radius 3 is 2.67 bits per heavy atom. The third-order valence-corrected chi connectivity index (χ3v) is 3.70. The largest absolute Gasteiger partial charge is 0.370 e. The molecule has 18 heavy (non-hydrogen) atoms. The molecular formula is C14H19ClN2O. The molecule has 3 nitrogen and oxygen atoms in total. The zero-order chi connectivity index (χ0) is 13.1. The number of carbonyl (C=O) groups excluding carboxylic acids is 1. The van der Waals surface area contributed by atoms with Crippen LogP contribution < -0.4 is 4.90 Å². The summed E-state index contributed by atoms with van der Waals surface area (Å²) in [5.41, 5.74) is 2.91. The van der Waals surface area contributed by atoms with E-state index < -0.39 is 0 Å². The molecule has 1 heterocycles. The van der Waals surface area contributed by atoms with E-state index in [0.717, 1.165) is 31.7 Å². The van der Waals surface area contributed by atoms with Crippen molar-refractivity contribution in [3.05, 3.63) is 29.3 Å². The number of hydrogen-bond acceptors (Lipinski definition) is 3. The Labute approximate surface area is 113 Å². The highest BCUT2D eigenvalue weighted by Gasteiger charge is 2.15. The first-order valence-electron chi connectivity index (χ1n) is 6.32. The Bertz CT molecular complexity index is 447. The van der Waals surface area contributed by atoms with Gasteiger partial charge in [0.1, 0.15) is 0 Å². The minimum absolute atomic E-state index is 0.389. The maximum atomic E-state index is 11.1. The second-order valence-electron chi connectivity index (χ2n) is 4.92. The molecule has 0 aliphatic carbocycles. The smallest absolute Gasteiger partial charge is 0.252 e. The Morgan fingerprint density at radius 2 is 2.00 bits per heavy atom. The van der Waals surface area contributed by atoms with Crippen LogP contribution in [0.15, 0.2) is 18.2 Å². The van der Waals surface area contributed by atoms with Crippen molar-refractivity contribution < 1.29 is 4.79 Å². The van der Waals surface area contributed by atoms with Gasteiger partial charge in [0.2, 0.25) is 0 Å². The maximum absolute atomic E-state index is 11.1. The van der Waals surface area contributed by atoms with Crippen LogP contribution in [-0.4, -0.2) is 43.4 Å². The highest BCUT2D eigenvalue weighted by Crippen LogP contribution is 2.23. The molecule has 1 fully saturated rings. The summed E-state index contributed by atoms with van der Waals surface area (Å²) in [4.78, 5) is 15.9. The van der Waals surface area contributed by atoms with E-state index in [1.165, 1.54) is 12.1 Å². The van der Waals surface area contributed by atoms with Crippen LogP contribution in [0.4, 0.5) is 5.69 Å². The molecule has 0 atom stereocenters.